The monoisotopic (exact) mass is 414 g/mol. The van der Waals surface area contributed by atoms with E-state index in [0.29, 0.717) is 17.6 Å². The minimum atomic E-state index is -1.17. The Morgan fingerprint density at radius 2 is 1.77 bits per heavy atom. The average molecular weight is 415 g/mol. The van der Waals surface area contributed by atoms with Crippen molar-refractivity contribution in [2.24, 2.45) is 5.73 Å². The first-order chi connectivity index (χ1) is 11.1. The molecule has 26 heavy (non-hydrogen) atoms. The van der Waals surface area contributed by atoms with Gasteiger partial charge < -0.3 is 31.8 Å². The molecule has 8 nitrogen and oxygen atoms in total. The molecule has 0 saturated heterocycles. The highest BCUT2D eigenvalue weighted by atomic mass is 35.5. The smallest absolute Gasteiger partial charge is 0.320 e. The molecule has 1 aromatic rings. The molecule has 0 aliphatic heterocycles. The average Bonchev–Trinajstić information content (AvgIpc) is 2.51. The molecule has 1 aromatic carbocycles. The summed E-state index contributed by atoms with van der Waals surface area (Å²) >= 11 is 5.95. The van der Waals surface area contributed by atoms with Crippen molar-refractivity contribution in [3.8, 4) is 0 Å². The van der Waals surface area contributed by atoms with E-state index < -0.39 is 24.1 Å². The van der Waals surface area contributed by atoms with Crippen LogP contribution in [0.4, 0.5) is 0 Å². The summed E-state index contributed by atoms with van der Waals surface area (Å²) in [4.78, 5) is 19.9. The van der Waals surface area contributed by atoms with Crippen LogP contribution in [0.1, 0.15) is 38.4 Å². The van der Waals surface area contributed by atoms with E-state index in [9.17, 15) is 14.7 Å². The van der Waals surface area contributed by atoms with E-state index in [1.54, 1.807) is 6.07 Å². The van der Waals surface area contributed by atoms with Gasteiger partial charge in [0.05, 0.1) is 6.10 Å². The molecule has 2 unspecified atom stereocenters. The summed E-state index contributed by atoms with van der Waals surface area (Å²) in [6, 6.07) is 6.67. The van der Waals surface area contributed by atoms with Crippen molar-refractivity contribution in [2.45, 2.75) is 44.9 Å². The Bertz CT molecular complexity index is 531. The Morgan fingerprint density at radius 1 is 1.23 bits per heavy atom. The van der Waals surface area contributed by atoms with Crippen molar-refractivity contribution in [1.82, 2.24) is 5.32 Å². The van der Waals surface area contributed by atoms with E-state index in [2.05, 4.69) is 5.32 Å². The summed E-state index contributed by atoms with van der Waals surface area (Å²) in [5, 5.41) is 29.9. The van der Waals surface area contributed by atoms with Crippen molar-refractivity contribution in [1.29, 1.82) is 0 Å². The molecule has 1 rings (SSSR count). The SMILES string of the molecule is CC(C)NCC(O)c1ccccc1Cl.Cl.NC(CCC(=O)O)C(=O)O.O. The maximum absolute atomic E-state index is 9.99. The Morgan fingerprint density at radius 3 is 2.19 bits per heavy atom. The van der Waals surface area contributed by atoms with Crippen molar-refractivity contribution >= 4 is 35.9 Å². The molecular formula is C16H28Cl2N2O6. The number of hydrogen-bond acceptors (Lipinski definition) is 5. The van der Waals surface area contributed by atoms with Crippen LogP contribution in [0.15, 0.2) is 24.3 Å². The van der Waals surface area contributed by atoms with Crippen LogP contribution in [0.2, 0.25) is 5.02 Å². The molecule has 0 spiro atoms. The van der Waals surface area contributed by atoms with E-state index in [0.717, 1.165) is 5.56 Å². The number of carboxylic acids is 2. The standard InChI is InChI=1S/C11H16ClNO.C5H9NO4.ClH.H2O/c1-8(2)13-7-11(14)9-5-3-4-6-10(9)12;6-3(5(9)10)1-2-4(7)8;;/h3-6,8,11,13-14H,7H2,1-2H3;3H,1-2,6H2,(H,7,8)(H,9,10);1H;1H2. The van der Waals surface area contributed by atoms with Gasteiger partial charge in [0.1, 0.15) is 6.04 Å². The lowest BCUT2D eigenvalue weighted by molar-refractivity contribution is -0.139. The van der Waals surface area contributed by atoms with Gasteiger partial charge in [0.15, 0.2) is 0 Å². The summed E-state index contributed by atoms with van der Waals surface area (Å²) in [5.41, 5.74) is 5.78. The fourth-order valence-corrected chi connectivity index (χ4v) is 1.87. The fourth-order valence-electron chi connectivity index (χ4n) is 1.61. The van der Waals surface area contributed by atoms with Gasteiger partial charge in [-0.3, -0.25) is 9.59 Å². The van der Waals surface area contributed by atoms with Crippen LogP contribution in [0.3, 0.4) is 0 Å². The van der Waals surface area contributed by atoms with Gasteiger partial charge in [-0.2, -0.15) is 0 Å². The van der Waals surface area contributed by atoms with Crippen LogP contribution < -0.4 is 11.1 Å². The first-order valence-electron chi connectivity index (χ1n) is 7.51. The van der Waals surface area contributed by atoms with Gasteiger partial charge in [-0.1, -0.05) is 43.6 Å². The molecule has 0 heterocycles. The number of aliphatic carboxylic acids is 2. The van der Waals surface area contributed by atoms with Crippen LogP contribution in [0, 0.1) is 0 Å². The third kappa shape index (κ3) is 13.8. The number of halogens is 2. The first kappa shape index (κ1) is 29.3. The van der Waals surface area contributed by atoms with Gasteiger partial charge in [-0.15, -0.1) is 12.4 Å². The lowest BCUT2D eigenvalue weighted by atomic mass is 10.1. The Labute approximate surface area is 164 Å². The second-order valence-corrected chi connectivity index (χ2v) is 5.88. The second-order valence-electron chi connectivity index (χ2n) is 5.48. The molecule has 0 aliphatic rings. The van der Waals surface area contributed by atoms with E-state index in [4.69, 9.17) is 27.5 Å². The summed E-state index contributed by atoms with van der Waals surface area (Å²) in [7, 11) is 0. The predicted octanol–water partition coefficient (Wildman–Crippen LogP) is 1.23. The quantitative estimate of drug-likeness (QED) is 0.426. The number of nitrogens with two attached hydrogens (primary N) is 1. The topological polar surface area (TPSA) is 164 Å². The van der Waals surface area contributed by atoms with Gasteiger partial charge in [0.25, 0.3) is 0 Å². The summed E-state index contributed by atoms with van der Waals surface area (Å²) in [6.45, 7) is 4.61. The number of hydrogen-bond donors (Lipinski definition) is 5. The normalized spacial score (nSPS) is 11.9. The summed E-state index contributed by atoms with van der Waals surface area (Å²) < 4.78 is 0. The number of rotatable bonds is 8. The molecule has 152 valence electrons. The molecule has 0 radical (unpaired) electrons. The van der Waals surface area contributed by atoms with Crippen LogP contribution in [-0.4, -0.2) is 51.4 Å². The summed E-state index contributed by atoms with van der Waals surface area (Å²) in [5.74, 6) is -2.20. The lowest BCUT2D eigenvalue weighted by Gasteiger charge is -2.15. The zero-order valence-electron chi connectivity index (χ0n) is 14.7. The van der Waals surface area contributed by atoms with Gasteiger partial charge >= 0.3 is 11.9 Å². The predicted molar refractivity (Wildman–Crippen MR) is 103 cm³/mol. The van der Waals surface area contributed by atoms with E-state index in [1.165, 1.54) is 0 Å². The number of nitrogens with one attached hydrogen (secondary N) is 1. The number of benzene rings is 1. The first-order valence-corrected chi connectivity index (χ1v) is 7.89. The van der Waals surface area contributed by atoms with Crippen LogP contribution in [0.25, 0.3) is 0 Å². The minimum Gasteiger partial charge on any atom is -0.481 e. The number of aliphatic hydroxyl groups is 1. The van der Waals surface area contributed by atoms with Crippen molar-refractivity contribution in [3.63, 3.8) is 0 Å². The third-order valence-electron chi connectivity index (χ3n) is 2.97. The molecule has 8 N–H and O–H groups in total. The van der Waals surface area contributed by atoms with E-state index >= 15 is 0 Å². The highest BCUT2D eigenvalue weighted by Crippen LogP contribution is 2.21. The fraction of sp³-hybridized carbons (Fsp3) is 0.500. The highest BCUT2D eigenvalue weighted by Gasteiger charge is 2.12. The Hall–Kier alpha value is -1.42. The second kappa shape index (κ2) is 15.8. The molecule has 0 fully saturated rings. The largest absolute Gasteiger partial charge is 0.481 e. The van der Waals surface area contributed by atoms with E-state index in [1.807, 2.05) is 32.0 Å². The number of carbonyl (C=O) groups is 2. The zero-order chi connectivity index (χ0) is 18.7. The number of carboxylic acid groups (broad SMARTS) is 2. The molecule has 0 aromatic heterocycles. The summed E-state index contributed by atoms with van der Waals surface area (Å²) in [6.07, 6.45) is -0.760. The molecule has 0 saturated carbocycles. The van der Waals surface area contributed by atoms with Crippen LogP contribution >= 0.6 is 24.0 Å². The number of aliphatic hydroxyl groups excluding tert-OH is 1. The molecule has 0 amide bonds. The highest BCUT2D eigenvalue weighted by molar-refractivity contribution is 6.31. The van der Waals surface area contributed by atoms with E-state index in [-0.39, 0.29) is 30.7 Å². The van der Waals surface area contributed by atoms with Crippen molar-refractivity contribution in [3.05, 3.63) is 34.9 Å². The lowest BCUT2D eigenvalue weighted by Crippen LogP contribution is -2.30. The third-order valence-corrected chi connectivity index (χ3v) is 3.31. The minimum absolute atomic E-state index is 0. The molecule has 0 aliphatic carbocycles. The molecule has 0 bridgehead atoms. The van der Waals surface area contributed by atoms with Crippen LogP contribution in [-0.2, 0) is 9.59 Å². The molecular weight excluding hydrogens is 387 g/mol. The van der Waals surface area contributed by atoms with Gasteiger partial charge in [0, 0.05) is 29.6 Å². The van der Waals surface area contributed by atoms with Crippen molar-refractivity contribution < 1.29 is 30.4 Å². The zero-order valence-corrected chi connectivity index (χ0v) is 16.3. The van der Waals surface area contributed by atoms with Gasteiger partial charge in [-0.05, 0) is 12.5 Å². The van der Waals surface area contributed by atoms with Crippen LogP contribution in [0.5, 0.6) is 0 Å². The molecule has 10 heteroatoms. The molecule has 2 atom stereocenters. The van der Waals surface area contributed by atoms with Gasteiger partial charge in [0.2, 0.25) is 0 Å². The van der Waals surface area contributed by atoms with Gasteiger partial charge in [-0.25, -0.2) is 0 Å². The maximum Gasteiger partial charge on any atom is 0.320 e. The Kier molecular flexibility index (Phi) is 17.8. The van der Waals surface area contributed by atoms with Crippen molar-refractivity contribution in [2.75, 3.05) is 6.54 Å². The maximum atomic E-state index is 9.99. The Balaban J connectivity index is -0.000000398.